The first-order valence-electron chi connectivity index (χ1n) is 8.94. The minimum absolute atomic E-state index is 0.115. The predicted octanol–water partition coefficient (Wildman–Crippen LogP) is 4.45. The van der Waals surface area contributed by atoms with Crippen LogP contribution in [0.25, 0.3) is 0 Å². The van der Waals surface area contributed by atoms with Crippen LogP contribution in [0.2, 0.25) is 0 Å². The fraction of sp³-hybridized carbons (Fsp3) is 0.250. The number of hydrogen-bond acceptors (Lipinski definition) is 5. The van der Waals surface area contributed by atoms with Crippen LogP contribution in [0.5, 0.6) is 0 Å². The molecule has 2 aromatic rings. The first-order valence-corrected chi connectivity index (χ1v) is 10.4. The second-order valence-electron chi connectivity index (χ2n) is 6.07. The van der Waals surface area contributed by atoms with Crippen molar-refractivity contribution in [1.82, 2.24) is 0 Å². The summed E-state index contributed by atoms with van der Waals surface area (Å²) in [6.07, 6.45) is 6.41. The third-order valence-electron chi connectivity index (χ3n) is 4.01. The summed E-state index contributed by atoms with van der Waals surface area (Å²) >= 11 is 0. The maximum Gasteiger partial charge on any atom is 0.289 e. The summed E-state index contributed by atoms with van der Waals surface area (Å²) in [5.41, 5.74) is -0.466. The lowest BCUT2D eigenvalue weighted by molar-refractivity contribution is -0.387. The van der Waals surface area contributed by atoms with E-state index in [0.29, 0.717) is 10.7 Å². The minimum Gasteiger partial charge on any atom is -0.268 e. The van der Waals surface area contributed by atoms with E-state index in [-0.39, 0.29) is 5.69 Å². The molecule has 2 rings (SSSR count). The molecule has 0 N–H and O–H groups in total. The molecule has 0 aliphatic carbocycles. The van der Waals surface area contributed by atoms with E-state index >= 15 is 0 Å². The standard InChI is InChI=1S/C20H22N2O5S/c1-2-3-4-5-9-16-20(23)21(17-12-7-6-8-13-17)28(26,27)19-15-11-10-14-18(19)22(24)25/h6-16H,2-5H2,1H3/b16-9+. The monoisotopic (exact) mass is 402 g/mol. The zero-order valence-corrected chi connectivity index (χ0v) is 16.3. The number of carbonyl (C=O) groups excluding carboxylic acids is 1. The molecule has 1 amide bonds. The van der Waals surface area contributed by atoms with Gasteiger partial charge in [0.15, 0.2) is 4.90 Å². The van der Waals surface area contributed by atoms with Gasteiger partial charge in [0.05, 0.1) is 10.6 Å². The van der Waals surface area contributed by atoms with Crippen LogP contribution >= 0.6 is 0 Å². The molecule has 0 bridgehead atoms. The summed E-state index contributed by atoms with van der Waals surface area (Å²) in [7, 11) is -4.49. The number of allylic oxidation sites excluding steroid dienone is 1. The van der Waals surface area contributed by atoms with Gasteiger partial charge < -0.3 is 0 Å². The van der Waals surface area contributed by atoms with Crippen molar-refractivity contribution in [3.63, 3.8) is 0 Å². The fourth-order valence-electron chi connectivity index (χ4n) is 2.64. The number of hydrogen-bond donors (Lipinski definition) is 0. The summed E-state index contributed by atoms with van der Waals surface area (Å²) < 4.78 is 27.0. The number of carbonyl (C=O) groups is 1. The van der Waals surface area contributed by atoms with Gasteiger partial charge in [-0.15, -0.1) is 0 Å². The zero-order chi connectivity index (χ0) is 20.6. The van der Waals surface area contributed by atoms with Crippen LogP contribution in [-0.2, 0) is 14.8 Å². The Morgan fingerprint density at radius 3 is 2.36 bits per heavy atom. The van der Waals surface area contributed by atoms with E-state index < -0.39 is 31.4 Å². The van der Waals surface area contributed by atoms with Crippen molar-refractivity contribution >= 4 is 27.3 Å². The SMILES string of the molecule is CCCCC/C=C/C(=O)N(c1ccccc1)S(=O)(=O)c1ccccc1[N+](=O)[O-]. The molecule has 0 saturated heterocycles. The normalized spacial score (nSPS) is 11.5. The number of nitro benzene ring substituents is 1. The van der Waals surface area contributed by atoms with E-state index in [1.807, 2.05) is 0 Å². The van der Waals surface area contributed by atoms with Crippen molar-refractivity contribution < 1.29 is 18.1 Å². The van der Waals surface area contributed by atoms with Crippen molar-refractivity contribution in [1.29, 1.82) is 0 Å². The Morgan fingerprint density at radius 2 is 1.71 bits per heavy atom. The quantitative estimate of drug-likeness (QED) is 0.267. The van der Waals surface area contributed by atoms with E-state index in [9.17, 15) is 23.3 Å². The molecule has 0 saturated carbocycles. The predicted molar refractivity (Wildman–Crippen MR) is 107 cm³/mol. The van der Waals surface area contributed by atoms with Gasteiger partial charge in [-0.3, -0.25) is 14.9 Å². The molecule has 0 aliphatic rings. The van der Waals surface area contributed by atoms with E-state index in [1.54, 1.807) is 24.3 Å². The van der Waals surface area contributed by atoms with Gasteiger partial charge in [0.25, 0.3) is 21.6 Å². The Balaban J connectivity index is 2.48. The Morgan fingerprint density at radius 1 is 1.07 bits per heavy atom. The van der Waals surface area contributed by atoms with Crippen LogP contribution in [0.1, 0.15) is 32.6 Å². The number of amides is 1. The van der Waals surface area contributed by atoms with Gasteiger partial charge in [-0.2, -0.15) is 4.31 Å². The van der Waals surface area contributed by atoms with Crippen molar-refractivity contribution in [2.75, 3.05) is 4.31 Å². The molecular formula is C20H22N2O5S. The molecule has 2 aromatic carbocycles. The minimum atomic E-state index is -4.49. The highest BCUT2D eigenvalue weighted by atomic mass is 32.2. The number of para-hydroxylation sites is 2. The van der Waals surface area contributed by atoms with E-state index in [0.717, 1.165) is 31.4 Å². The summed E-state index contributed by atoms with van der Waals surface area (Å²) in [4.78, 5) is 22.8. The van der Waals surface area contributed by atoms with Crippen LogP contribution in [-0.4, -0.2) is 19.2 Å². The molecule has 0 unspecified atom stereocenters. The molecule has 28 heavy (non-hydrogen) atoms. The molecule has 0 aromatic heterocycles. The number of sulfonamides is 1. The van der Waals surface area contributed by atoms with Gasteiger partial charge in [-0.1, -0.05) is 56.2 Å². The lowest BCUT2D eigenvalue weighted by Gasteiger charge is -2.21. The van der Waals surface area contributed by atoms with E-state index in [2.05, 4.69) is 6.92 Å². The number of anilines is 1. The molecular weight excluding hydrogens is 380 g/mol. The van der Waals surface area contributed by atoms with Crippen LogP contribution in [0.4, 0.5) is 11.4 Å². The molecule has 8 heteroatoms. The van der Waals surface area contributed by atoms with Gasteiger partial charge in [-0.05, 0) is 31.0 Å². The first kappa shape index (κ1) is 21.3. The summed E-state index contributed by atoms with van der Waals surface area (Å²) in [5.74, 6) is -0.777. The van der Waals surface area contributed by atoms with Crippen LogP contribution in [0.15, 0.2) is 71.6 Å². The number of benzene rings is 2. The summed E-state index contributed by atoms with van der Waals surface area (Å²) in [6.45, 7) is 2.06. The second kappa shape index (κ2) is 9.80. The highest BCUT2D eigenvalue weighted by Gasteiger charge is 2.34. The van der Waals surface area contributed by atoms with Crippen molar-refractivity contribution in [3.05, 3.63) is 76.9 Å². The molecule has 148 valence electrons. The summed E-state index contributed by atoms with van der Waals surface area (Å²) in [5, 5.41) is 11.3. The van der Waals surface area contributed by atoms with Crippen LogP contribution in [0, 0.1) is 10.1 Å². The summed E-state index contributed by atoms with van der Waals surface area (Å²) in [6, 6.07) is 12.8. The fourth-order valence-corrected chi connectivity index (χ4v) is 4.19. The lowest BCUT2D eigenvalue weighted by atomic mass is 10.2. The number of rotatable bonds is 9. The molecule has 0 heterocycles. The largest absolute Gasteiger partial charge is 0.289 e. The Labute approximate surface area is 164 Å². The van der Waals surface area contributed by atoms with Crippen molar-refractivity contribution in [2.24, 2.45) is 0 Å². The molecule has 0 radical (unpaired) electrons. The zero-order valence-electron chi connectivity index (χ0n) is 15.5. The van der Waals surface area contributed by atoms with Gasteiger partial charge in [0.1, 0.15) is 0 Å². The molecule has 0 fully saturated rings. The van der Waals surface area contributed by atoms with Crippen molar-refractivity contribution in [2.45, 2.75) is 37.5 Å². The van der Waals surface area contributed by atoms with Crippen LogP contribution < -0.4 is 4.31 Å². The molecule has 0 spiro atoms. The highest BCUT2D eigenvalue weighted by molar-refractivity contribution is 7.93. The molecule has 0 aliphatic heterocycles. The lowest BCUT2D eigenvalue weighted by Crippen LogP contribution is -2.36. The van der Waals surface area contributed by atoms with Crippen molar-refractivity contribution in [3.8, 4) is 0 Å². The molecule has 7 nitrogen and oxygen atoms in total. The van der Waals surface area contributed by atoms with Gasteiger partial charge in [0, 0.05) is 12.1 Å². The number of nitrogens with zero attached hydrogens (tertiary/aromatic N) is 2. The second-order valence-corrected chi connectivity index (χ2v) is 7.82. The third-order valence-corrected chi connectivity index (χ3v) is 5.78. The van der Waals surface area contributed by atoms with Gasteiger partial charge in [-0.25, -0.2) is 8.42 Å². The van der Waals surface area contributed by atoms with E-state index in [1.165, 1.54) is 30.3 Å². The number of unbranched alkanes of at least 4 members (excludes halogenated alkanes) is 3. The van der Waals surface area contributed by atoms with Gasteiger partial charge in [0.2, 0.25) is 0 Å². The Kier molecular flexibility index (Phi) is 7.45. The highest BCUT2D eigenvalue weighted by Crippen LogP contribution is 2.30. The Bertz CT molecular complexity index is 956. The molecule has 0 atom stereocenters. The Hall–Kier alpha value is -3.00. The topological polar surface area (TPSA) is 97.6 Å². The number of nitro groups is 1. The van der Waals surface area contributed by atoms with Crippen LogP contribution in [0.3, 0.4) is 0 Å². The van der Waals surface area contributed by atoms with E-state index in [4.69, 9.17) is 0 Å². The average Bonchev–Trinajstić information content (AvgIpc) is 2.68. The first-order chi connectivity index (χ1) is 13.4. The third kappa shape index (κ3) is 5.04. The maximum atomic E-state index is 13.2. The smallest absolute Gasteiger partial charge is 0.268 e. The average molecular weight is 402 g/mol. The van der Waals surface area contributed by atoms with Gasteiger partial charge >= 0.3 is 0 Å². The maximum absolute atomic E-state index is 13.2.